The molecule has 0 aromatic heterocycles. The third-order valence-electron chi connectivity index (χ3n) is 4.13. The summed E-state index contributed by atoms with van der Waals surface area (Å²) >= 11 is 4.37. The van der Waals surface area contributed by atoms with Crippen LogP contribution in [0.2, 0.25) is 0 Å². The number of halogens is 2. The molecule has 0 heterocycles. The fourth-order valence-electron chi connectivity index (χ4n) is 2.82. The quantitative estimate of drug-likeness (QED) is 0.375. The molecule has 0 atom stereocenters. The Hall–Kier alpha value is 1.35. The van der Waals surface area contributed by atoms with Crippen LogP contribution in [0.3, 0.4) is 0 Å². The number of rotatable bonds is 12. The van der Waals surface area contributed by atoms with Gasteiger partial charge in [-0.15, -0.1) is 17.0 Å². The summed E-state index contributed by atoms with van der Waals surface area (Å²) in [5.41, 5.74) is 5.78. The molecule has 0 saturated carbocycles. The van der Waals surface area contributed by atoms with Crippen LogP contribution in [-0.2, 0) is 0 Å². The van der Waals surface area contributed by atoms with Crippen molar-refractivity contribution < 1.29 is 0 Å². The molecule has 0 unspecified atom stereocenters. The van der Waals surface area contributed by atoms with E-state index in [1.165, 1.54) is 69.6 Å². The summed E-state index contributed by atoms with van der Waals surface area (Å²) in [6, 6.07) is 0. The van der Waals surface area contributed by atoms with E-state index in [9.17, 15) is 0 Å². The van der Waals surface area contributed by atoms with Crippen LogP contribution < -0.4 is 5.73 Å². The van der Waals surface area contributed by atoms with Crippen molar-refractivity contribution in [3.63, 3.8) is 0 Å². The first-order valence-electron chi connectivity index (χ1n) is 7.96. The van der Waals surface area contributed by atoms with Crippen LogP contribution in [-0.4, -0.2) is 31.2 Å². The maximum absolute atomic E-state index is 5.78. The van der Waals surface area contributed by atoms with Crippen LogP contribution in [0.25, 0.3) is 0 Å². The van der Waals surface area contributed by atoms with Crippen molar-refractivity contribution in [2.24, 2.45) is 5.73 Å². The van der Waals surface area contributed by atoms with Gasteiger partial charge in [-0.1, -0.05) is 0 Å². The van der Waals surface area contributed by atoms with Crippen molar-refractivity contribution in [1.29, 1.82) is 0 Å². The van der Waals surface area contributed by atoms with Gasteiger partial charge in [-0.05, 0) is 0 Å². The van der Waals surface area contributed by atoms with Crippen molar-refractivity contribution in [2.75, 3.05) is 31.2 Å². The Bertz CT molecular complexity index is 169. The van der Waals surface area contributed by atoms with Gasteiger partial charge in [-0.25, -0.2) is 0 Å². The van der Waals surface area contributed by atoms with Gasteiger partial charge in [-0.2, -0.15) is 0 Å². The minimum atomic E-state index is -1.63. The molecule has 0 radical (unpaired) electrons. The van der Waals surface area contributed by atoms with Crippen molar-refractivity contribution in [2.45, 2.75) is 65.7 Å². The molecule has 2 N–H and O–H groups in total. The normalized spacial score (nSPS) is 13.6. The van der Waals surface area contributed by atoms with E-state index in [0.717, 1.165) is 6.54 Å². The molecule has 0 aliphatic rings. The van der Waals surface area contributed by atoms with Crippen LogP contribution in [0.4, 0.5) is 0 Å². The molecular weight excluding hydrogens is 385 g/mol. The monoisotopic (exact) mass is 419 g/mol. The van der Waals surface area contributed by atoms with Crippen LogP contribution in [0.1, 0.15) is 65.7 Å². The number of hydrogen-bond acceptors (Lipinski definition) is 1. The van der Waals surface area contributed by atoms with Gasteiger partial charge >= 0.3 is 123 Å². The molecule has 0 aliphatic carbocycles. The fraction of sp³-hybridized carbons (Fsp3) is 1.00. The van der Waals surface area contributed by atoms with E-state index in [2.05, 4.69) is 36.3 Å². The number of unbranched alkanes of at least 4 members (excludes halogenated alkanes) is 3. The van der Waals surface area contributed by atoms with Crippen LogP contribution >= 0.6 is 37.8 Å². The number of nitrogens with two attached hydrogens (primary N) is 1. The van der Waals surface area contributed by atoms with Crippen LogP contribution in [0.5, 0.6) is 0 Å². The van der Waals surface area contributed by atoms with Gasteiger partial charge in [0.1, 0.15) is 0 Å². The van der Waals surface area contributed by atoms with Crippen LogP contribution in [0, 0.1) is 0 Å². The molecule has 120 valence electrons. The summed E-state index contributed by atoms with van der Waals surface area (Å²) in [7, 11) is 0. The van der Waals surface area contributed by atoms with Gasteiger partial charge in [0.15, 0.2) is 0 Å². The molecule has 0 saturated heterocycles. The summed E-state index contributed by atoms with van der Waals surface area (Å²) < 4.78 is 0. The van der Waals surface area contributed by atoms with E-state index >= 15 is 0 Å². The third-order valence-corrected chi connectivity index (χ3v) is 14.1. The van der Waals surface area contributed by atoms with Gasteiger partial charge in [0.05, 0.1) is 0 Å². The summed E-state index contributed by atoms with van der Waals surface area (Å²) in [6.45, 7) is 7.80. The summed E-state index contributed by atoms with van der Waals surface area (Å²) in [6.07, 6.45) is 15.1. The van der Waals surface area contributed by atoms with Crippen molar-refractivity contribution in [1.82, 2.24) is 0 Å². The van der Waals surface area contributed by atoms with Crippen molar-refractivity contribution in [3.8, 4) is 0 Å². The van der Waals surface area contributed by atoms with E-state index in [1.807, 2.05) is 0 Å². The molecular formula is C15H36Br2NP. The molecule has 4 heteroatoms. The second-order valence-corrected chi connectivity index (χ2v) is 17.4. The zero-order chi connectivity index (χ0) is 13.9. The zero-order valence-electron chi connectivity index (χ0n) is 13.3. The summed E-state index contributed by atoms with van der Waals surface area (Å²) in [5, 5.41) is -1.63. The van der Waals surface area contributed by atoms with E-state index in [-0.39, 0.29) is 17.0 Å². The Kier molecular flexibility index (Phi) is 14.2. The average molecular weight is 421 g/mol. The van der Waals surface area contributed by atoms with Gasteiger partial charge in [0.2, 0.25) is 0 Å². The summed E-state index contributed by atoms with van der Waals surface area (Å²) in [5.74, 6) is 0. The molecule has 19 heavy (non-hydrogen) atoms. The second-order valence-electron chi connectivity index (χ2n) is 5.92. The molecule has 0 rings (SSSR count). The van der Waals surface area contributed by atoms with Gasteiger partial charge in [0.25, 0.3) is 0 Å². The zero-order valence-corrected chi connectivity index (χ0v) is 17.5. The third kappa shape index (κ3) is 9.06. The average Bonchev–Trinajstić information content (AvgIpc) is 2.40. The SMILES string of the molecule is Br.CCCCP(Br)(CCCC)(CCCC)CCCN. The van der Waals surface area contributed by atoms with Crippen LogP contribution in [0.15, 0.2) is 0 Å². The van der Waals surface area contributed by atoms with Gasteiger partial charge < -0.3 is 0 Å². The molecule has 0 aromatic rings. The predicted molar refractivity (Wildman–Crippen MR) is 104 cm³/mol. The van der Waals surface area contributed by atoms with Crippen molar-refractivity contribution >= 4 is 37.8 Å². The standard InChI is InChI=1S/C15H35BrNP.BrH/c1-4-7-12-18(16,13-8-5-2,14-9-6-3)15-10-11-17;/h4-15,17H2,1-3H3;1H. The Balaban J connectivity index is 0. The second kappa shape index (κ2) is 12.0. The number of hydrogen-bond donors (Lipinski definition) is 1. The first kappa shape index (κ1) is 22.6. The predicted octanol–water partition coefficient (Wildman–Crippen LogP) is 6.18. The minimum absolute atomic E-state index is 0. The molecule has 0 aliphatic heterocycles. The van der Waals surface area contributed by atoms with Crippen molar-refractivity contribution in [3.05, 3.63) is 0 Å². The Labute approximate surface area is 140 Å². The fourth-order valence-corrected chi connectivity index (χ4v) is 11.5. The van der Waals surface area contributed by atoms with E-state index in [1.54, 1.807) is 0 Å². The Morgan fingerprint density at radius 2 is 1.05 bits per heavy atom. The molecule has 0 bridgehead atoms. The Morgan fingerprint density at radius 3 is 1.32 bits per heavy atom. The van der Waals surface area contributed by atoms with Gasteiger partial charge in [0, 0.05) is 0 Å². The van der Waals surface area contributed by atoms with Gasteiger partial charge in [-0.3, -0.25) is 0 Å². The first-order valence-corrected chi connectivity index (χ1v) is 13.0. The van der Waals surface area contributed by atoms with E-state index in [0.29, 0.717) is 0 Å². The molecule has 1 nitrogen and oxygen atoms in total. The van der Waals surface area contributed by atoms with E-state index in [4.69, 9.17) is 5.73 Å². The molecule has 0 amide bonds. The molecule has 0 spiro atoms. The molecule has 0 fully saturated rings. The topological polar surface area (TPSA) is 26.0 Å². The molecule has 0 aromatic carbocycles. The summed E-state index contributed by atoms with van der Waals surface area (Å²) in [4.78, 5) is 0. The Morgan fingerprint density at radius 1 is 0.737 bits per heavy atom. The maximum atomic E-state index is 5.78. The van der Waals surface area contributed by atoms with E-state index < -0.39 is 5.31 Å². The first-order chi connectivity index (χ1) is 8.54.